The average molecular weight is 354 g/mol. The summed E-state index contributed by atoms with van der Waals surface area (Å²) >= 11 is 0. The van der Waals surface area contributed by atoms with Crippen LogP contribution in [-0.2, 0) is 6.18 Å². The molecule has 1 heterocycles. The molecule has 0 fully saturated rings. The summed E-state index contributed by atoms with van der Waals surface area (Å²) < 4.78 is 39.9. The van der Waals surface area contributed by atoms with Gasteiger partial charge in [-0.15, -0.1) is 0 Å². The fourth-order valence-electron chi connectivity index (χ4n) is 2.58. The topological polar surface area (TPSA) is 72.9 Å². The van der Waals surface area contributed by atoms with Crippen molar-refractivity contribution < 1.29 is 18.0 Å². The molecular formula is C17H21F3N4O. The Kier molecular flexibility index (Phi) is 5.52. The predicted molar refractivity (Wildman–Crippen MR) is 88.4 cm³/mol. The molecule has 0 radical (unpaired) electrons. The van der Waals surface area contributed by atoms with Gasteiger partial charge in [0.15, 0.2) is 0 Å². The summed E-state index contributed by atoms with van der Waals surface area (Å²) in [5, 5.41) is 6.62. The maximum absolute atomic E-state index is 13.0. The summed E-state index contributed by atoms with van der Waals surface area (Å²) in [5.74, 6) is -0.378. The van der Waals surface area contributed by atoms with E-state index in [0.717, 1.165) is 16.9 Å². The summed E-state index contributed by atoms with van der Waals surface area (Å²) in [6, 6.07) is 6.80. The van der Waals surface area contributed by atoms with Crippen LogP contribution < -0.4 is 11.1 Å². The molecule has 0 aliphatic heterocycles. The van der Waals surface area contributed by atoms with Crippen molar-refractivity contribution in [2.45, 2.75) is 38.4 Å². The highest BCUT2D eigenvalue weighted by atomic mass is 19.4. The highest BCUT2D eigenvalue weighted by Crippen LogP contribution is 2.30. The molecule has 0 atom stereocenters. The van der Waals surface area contributed by atoms with Gasteiger partial charge in [-0.25, -0.2) is 4.68 Å². The number of alkyl halides is 3. The van der Waals surface area contributed by atoms with E-state index >= 15 is 0 Å². The van der Waals surface area contributed by atoms with E-state index in [2.05, 4.69) is 10.4 Å². The number of hydrogen-bond donors (Lipinski definition) is 2. The smallest absolute Gasteiger partial charge is 0.345 e. The van der Waals surface area contributed by atoms with Crippen LogP contribution in [0.2, 0.25) is 0 Å². The van der Waals surface area contributed by atoms with Crippen molar-refractivity contribution in [2.75, 3.05) is 6.54 Å². The van der Waals surface area contributed by atoms with Crippen LogP contribution in [0.1, 0.15) is 42.7 Å². The van der Waals surface area contributed by atoms with Crippen LogP contribution in [0, 0.1) is 0 Å². The molecule has 0 aliphatic carbocycles. The third-order valence-corrected chi connectivity index (χ3v) is 4.41. The van der Waals surface area contributed by atoms with Crippen LogP contribution in [0.5, 0.6) is 0 Å². The second-order valence-corrected chi connectivity index (χ2v) is 5.82. The summed E-state index contributed by atoms with van der Waals surface area (Å²) in [5.41, 5.74) is 4.76. The molecule has 1 aromatic carbocycles. The van der Waals surface area contributed by atoms with E-state index in [0.29, 0.717) is 12.8 Å². The Morgan fingerprint density at radius 2 is 1.92 bits per heavy atom. The van der Waals surface area contributed by atoms with Crippen LogP contribution in [0.25, 0.3) is 5.69 Å². The van der Waals surface area contributed by atoms with Crippen molar-refractivity contribution in [1.82, 2.24) is 15.1 Å². The van der Waals surface area contributed by atoms with Gasteiger partial charge in [0.25, 0.3) is 5.91 Å². The van der Waals surface area contributed by atoms with Crippen LogP contribution in [-0.4, -0.2) is 27.8 Å². The van der Waals surface area contributed by atoms with Crippen molar-refractivity contribution in [1.29, 1.82) is 0 Å². The fourth-order valence-corrected chi connectivity index (χ4v) is 2.58. The number of rotatable bonds is 6. The molecule has 0 unspecified atom stereocenters. The fraction of sp³-hybridized carbons (Fsp3) is 0.412. The van der Waals surface area contributed by atoms with Gasteiger partial charge in [0.05, 0.1) is 17.4 Å². The minimum Gasteiger partial charge on any atom is -0.345 e. The monoisotopic (exact) mass is 354 g/mol. The molecule has 1 amide bonds. The Hall–Kier alpha value is -2.35. The molecule has 0 aliphatic rings. The first-order valence-electron chi connectivity index (χ1n) is 8.00. The van der Waals surface area contributed by atoms with Crippen molar-refractivity contribution in [3.05, 3.63) is 47.8 Å². The van der Waals surface area contributed by atoms with Crippen molar-refractivity contribution in [2.24, 2.45) is 5.73 Å². The van der Waals surface area contributed by atoms with Gasteiger partial charge >= 0.3 is 6.18 Å². The van der Waals surface area contributed by atoms with Crippen molar-refractivity contribution in [3.63, 3.8) is 0 Å². The lowest BCUT2D eigenvalue weighted by Crippen LogP contribution is -2.52. The molecule has 0 saturated heterocycles. The molecule has 0 bridgehead atoms. The van der Waals surface area contributed by atoms with Crippen LogP contribution in [0.15, 0.2) is 36.5 Å². The normalized spacial score (nSPS) is 12.2. The molecule has 136 valence electrons. The van der Waals surface area contributed by atoms with Gasteiger partial charge in [0.1, 0.15) is 5.69 Å². The van der Waals surface area contributed by atoms with E-state index in [1.807, 2.05) is 13.8 Å². The van der Waals surface area contributed by atoms with E-state index in [4.69, 9.17) is 5.73 Å². The number of aromatic nitrogens is 2. The zero-order valence-corrected chi connectivity index (χ0v) is 14.1. The quantitative estimate of drug-likeness (QED) is 0.837. The van der Waals surface area contributed by atoms with Gasteiger partial charge in [-0.2, -0.15) is 18.3 Å². The van der Waals surface area contributed by atoms with Gasteiger partial charge in [-0.3, -0.25) is 4.79 Å². The number of amides is 1. The lowest BCUT2D eigenvalue weighted by molar-refractivity contribution is -0.142. The van der Waals surface area contributed by atoms with Gasteiger partial charge < -0.3 is 11.1 Å². The van der Waals surface area contributed by atoms with Gasteiger partial charge in [-0.1, -0.05) is 19.9 Å². The van der Waals surface area contributed by atoms with Gasteiger partial charge in [-0.05, 0) is 37.1 Å². The zero-order valence-electron chi connectivity index (χ0n) is 14.1. The Morgan fingerprint density at radius 1 is 1.24 bits per heavy atom. The standard InChI is InChI=1S/C17H21F3N4O/c1-3-16(4-2,11-21)23-15(25)12-6-5-7-13(10-12)24-14(8-9-22-24)17(18,19)20/h5-10H,3-4,11,21H2,1-2H3,(H,23,25). The number of nitrogens with one attached hydrogen (secondary N) is 1. The van der Waals surface area contributed by atoms with Crippen LogP contribution >= 0.6 is 0 Å². The second-order valence-electron chi connectivity index (χ2n) is 5.82. The van der Waals surface area contributed by atoms with Crippen molar-refractivity contribution in [3.8, 4) is 5.69 Å². The summed E-state index contributed by atoms with van der Waals surface area (Å²) in [6.45, 7) is 4.13. The largest absolute Gasteiger partial charge is 0.433 e. The lowest BCUT2D eigenvalue weighted by Gasteiger charge is -2.31. The first-order chi connectivity index (χ1) is 11.8. The first kappa shape index (κ1) is 19.0. The number of carbonyl (C=O) groups is 1. The molecule has 25 heavy (non-hydrogen) atoms. The van der Waals surface area contributed by atoms with E-state index in [9.17, 15) is 18.0 Å². The number of nitrogens with two attached hydrogens (primary N) is 1. The third kappa shape index (κ3) is 4.01. The lowest BCUT2D eigenvalue weighted by atomic mass is 9.92. The predicted octanol–water partition coefficient (Wildman–Crippen LogP) is 3.14. The molecule has 2 aromatic rings. The second kappa shape index (κ2) is 7.26. The highest BCUT2D eigenvalue weighted by molar-refractivity contribution is 5.95. The molecule has 8 heteroatoms. The molecule has 1 aromatic heterocycles. The Bertz CT molecular complexity index is 727. The molecule has 3 N–H and O–H groups in total. The Labute approximate surface area is 144 Å². The van der Waals surface area contributed by atoms with E-state index in [-0.39, 0.29) is 23.7 Å². The minimum absolute atomic E-state index is 0.163. The SMILES string of the molecule is CCC(CC)(CN)NC(=O)c1cccc(-n2nccc2C(F)(F)F)c1. The maximum Gasteiger partial charge on any atom is 0.433 e. The molecule has 0 saturated carbocycles. The highest BCUT2D eigenvalue weighted by Gasteiger charge is 2.35. The third-order valence-electron chi connectivity index (χ3n) is 4.41. The van der Waals surface area contributed by atoms with Gasteiger partial charge in [0.2, 0.25) is 0 Å². The number of benzene rings is 1. The molecule has 5 nitrogen and oxygen atoms in total. The molecular weight excluding hydrogens is 333 g/mol. The van der Waals surface area contributed by atoms with Gasteiger partial charge in [0, 0.05) is 12.1 Å². The molecule has 0 spiro atoms. The Balaban J connectivity index is 2.34. The minimum atomic E-state index is -4.53. The van der Waals surface area contributed by atoms with Crippen LogP contribution in [0.4, 0.5) is 13.2 Å². The number of halogens is 3. The number of hydrogen-bond acceptors (Lipinski definition) is 3. The zero-order chi connectivity index (χ0) is 18.7. The Morgan fingerprint density at radius 3 is 2.48 bits per heavy atom. The van der Waals surface area contributed by atoms with E-state index in [1.54, 1.807) is 6.07 Å². The van der Waals surface area contributed by atoms with Crippen molar-refractivity contribution >= 4 is 5.91 Å². The van der Waals surface area contributed by atoms with Crippen LogP contribution in [0.3, 0.4) is 0 Å². The molecule has 2 rings (SSSR count). The summed E-state index contributed by atoms with van der Waals surface area (Å²) in [7, 11) is 0. The average Bonchev–Trinajstić information content (AvgIpc) is 3.10. The number of nitrogens with zero attached hydrogens (tertiary/aromatic N) is 2. The van der Waals surface area contributed by atoms with E-state index in [1.165, 1.54) is 18.2 Å². The number of carbonyl (C=O) groups excluding carboxylic acids is 1. The first-order valence-corrected chi connectivity index (χ1v) is 8.00. The van der Waals surface area contributed by atoms with E-state index < -0.39 is 17.4 Å². The summed E-state index contributed by atoms with van der Waals surface area (Å²) in [4.78, 5) is 12.5. The maximum atomic E-state index is 13.0. The summed E-state index contributed by atoms with van der Waals surface area (Å²) in [6.07, 6.45) is -2.15.